The van der Waals surface area contributed by atoms with Crippen LogP contribution in [0, 0.1) is 12.7 Å². The van der Waals surface area contributed by atoms with Crippen molar-refractivity contribution >= 4 is 23.0 Å². The summed E-state index contributed by atoms with van der Waals surface area (Å²) in [4.78, 5) is 17.2. The predicted molar refractivity (Wildman–Crippen MR) is 117 cm³/mol. The minimum absolute atomic E-state index is 0.00397. The molecule has 0 saturated heterocycles. The third kappa shape index (κ3) is 5.08. The number of aryl methyl sites for hydroxylation is 1. The quantitative estimate of drug-likeness (QED) is 0.417. The molecule has 1 aliphatic carbocycles. The van der Waals surface area contributed by atoms with E-state index in [2.05, 4.69) is 15.6 Å². The second kappa shape index (κ2) is 8.73. The van der Waals surface area contributed by atoms with Crippen molar-refractivity contribution in [1.82, 2.24) is 4.98 Å². The number of halogens is 4. The summed E-state index contributed by atoms with van der Waals surface area (Å²) in [5.41, 5.74) is 1.09. The van der Waals surface area contributed by atoms with Gasteiger partial charge in [-0.25, -0.2) is 9.37 Å². The molecular formula is C24H21F4N3O2. The Balaban J connectivity index is 1.70. The molecule has 33 heavy (non-hydrogen) atoms. The number of carbonyl (C=O) groups is 1. The molecule has 5 nitrogen and oxygen atoms in total. The van der Waals surface area contributed by atoms with Gasteiger partial charge in [-0.1, -0.05) is 0 Å². The van der Waals surface area contributed by atoms with E-state index in [1.165, 1.54) is 25.3 Å². The summed E-state index contributed by atoms with van der Waals surface area (Å²) in [6.45, 7) is 1.67. The Kier molecular flexibility index (Phi) is 5.97. The van der Waals surface area contributed by atoms with E-state index in [0.29, 0.717) is 28.5 Å². The molecule has 0 radical (unpaired) electrons. The van der Waals surface area contributed by atoms with Gasteiger partial charge in [0.2, 0.25) is 5.88 Å². The first-order valence-corrected chi connectivity index (χ1v) is 10.3. The van der Waals surface area contributed by atoms with Crippen LogP contribution in [0.25, 0.3) is 0 Å². The summed E-state index contributed by atoms with van der Waals surface area (Å²) in [6.07, 6.45) is -2.85. The second-order valence-electron chi connectivity index (χ2n) is 7.83. The van der Waals surface area contributed by atoms with Crippen LogP contribution in [0.15, 0.2) is 48.5 Å². The summed E-state index contributed by atoms with van der Waals surface area (Å²) in [6, 6.07) is 10.1. The Labute approximate surface area is 187 Å². The Hall–Kier alpha value is -3.62. The number of carbonyl (C=O) groups excluding carboxylic acids is 1. The molecule has 1 aromatic heterocycles. The average molecular weight is 459 g/mol. The maximum Gasteiger partial charge on any atom is 0.416 e. The Bertz CT molecular complexity index is 1210. The standard InChI is InChI=1S/C24H21F4N3O2/c1-13-19(9-10-22(29-13)33-2)31-23(32)17-7-5-15(24(26,27)28)11-21(17)30-20-8-6-16(25)12-18(20)14-3-4-14/h5-12,14,30H,3-4H2,1-2H3,(H,31,32). The number of amides is 1. The molecule has 9 heteroatoms. The second-order valence-corrected chi connectivity index (χ2v) is 7.83. The lowest BCUT2D eigenvalue weighted by molar-refractivity contribution is -0.137. The molecule has 4 rings (SSSR count). The molecule has 2 aromatic carbocycles. The maximum absolute atomic E-state index is 13.8. The smallest absolute Gasteiger partial charge is 0.416 e. The summed E-state index contributed by atoms with van der Waals surface area (Å²) in [7, 11) is 1.46. The van der Waals surface area contributed by atoms with Crippen molar-refractivity contribution in [2.24, 2.45) is 0 Å². The van der Waals surface area contributed by atoms with Crippen LogP contribution >= 0.6 is 0 Å². The third-order valence-corrected chi connectivity index (χ3v) is 5.41. The molecule has 0 aliphatic heterocycles. The summed E-state index contributed by atoms with van der Waals surface area (Å²) in [5.74, 6) is -0.533. The zero-order valence-corrected chi connectivity index (χ0v) is 17.9. The number of anilines is 3. The number of aromatic nitrogens is 1. The van der Waals surface area contributed by atoms with Gasteiger partial charge >= 0.3 is 6.18 Å². The lowest BCUT2D eigenvalue weighted by Crippen LogP contribution is -2.16. The van der Waals surface area contributed by atoms with E-state index in [0.717, 1.165) is 31.0 Å². The monoisotopic (exact) mass is 459 g/mol. The zero-order valence-electron chi connectivity index (χ0n) is 17.9. The van der Waals surface area contributed by atoms with Gasteiger partial charge in [-0.3, -0.25) is 4.79 Å². The van der Waals surface area contributed by atoms with Crippen LogP contribution in [-0.4, -0.2) is 18.0 Å². The summed E-state index contributed by atoms with van der Waals surface area (Å²) >= 11 is 0. The van der Waals surface area contributed by atoms with Crippen LogP contribution in [0.5, 0.6) is 5.88 Å². The number of hydrogen-bond acceptors (Lipinski definition) is 4. The van der Waals surface area contributed by atoms with Gasteiger partial charge in [0.1, 0.15) is 5.82 Å². The molecule has 1 saturated carbocycles. The van der Waals surface area contributed by atoms with Gasteiger partial charge in [-0.05, 0) is 73.7 Å². The van der Waals surface area contributed by atoms with Gasteiger partial charge < -0.3 is 15.4 Å². The first kappa shape index (κ1) is 22.6. The molecule has 172 valence electrons. The molecule has 1 fully saturated rings. The molecule has 1 aliphatic rings. The van der Waals surface area contributed by atoms with Crippen LogP contribution in [0.3, 0.4) is 0 Å². The van der Waals surface area contributed by atoms with Crippen LogP contribution in [0.2, 0.25) is 0 Å². The van der Waals surface area contributed by atoms with E-state index >= 15 is 0 Å². The fourth-order valence-electron chi connectivity index (χ4n) is 3.52. The largest absolute Gasteiger partial charge is 0.481 e. The normalized spacial score (nSPS) is 13.5. The van der Waals surface area contributed by atoms with Crippen molar-refractivity contribution in [2.45, 2.75) is 31.9 Å². The number of nitrogens with zero attached hydrogens (tertiary/aromatic N) is 1. The van der Waals surface area contributed by atoms with E-state index in [4.69, 9.17) is 4.74 Å². The first-order valence-electron chi connectivity index (χ1n) is 10.3. The van der Waals surface area contributed by atoms with Crippen molar-refractivity contribution in [3.63, 3.8) is 0 Å². The van der Waals surface area contributed by atoms with Gasteiger partial charge in [-0.2, -0.15) is 13.2 Å². The molecule has 0 atom stereocenters. The number of pyridine rings is 1. The lowest BCUT2D eigenvalue weighted by atomic mass is 10.0. The van der Waals surface area contributed by atoms with Gasteiger partial charge in [0.25, 0.3) is 5.91 Å². The number of alkyl halides is 3. The van der Waals surface area contributed by atoms with Gasteiger partial charge in [0.05, 0.1) is 35.3 Å². The molecule has 2 N–H and O–H groups in total. The highest BCUT2D eigenvalue weighted by atomic mass is 19.4. The minimum atomic E-state index is -4.59. The Morgan fingerprint density at radius 3 is 2.39 bits per heavy atom. The molecule has 0 spiro atoms. The molecular weight excluding hydrogens is 438 g/mol. The maximum atomic E-state index is 13.8. The highest BCUT2D eigenvalue weighted by Crippen LogP contribution is 2.44. The first-order chi connectivity index (χ1) is 15.7. The number of methoxy groups -OCH3 is 1. The highest BCUT2D eigenvalue weighted by molar-refractivity contribution is 6.08. The van der Waals surface area contributed by atoms with E-state index in [9.17, 15) is 22.4 Å². The van der Waals surface area contributed by atoms with Crippen molar-refractivity contribution in [1.29, 1.82) is 0 Å². The summed E-state index contributed by atoms with van der Waals surface area (Å²) < 4.78 is 59.0. The number of hydrogen-bond donors (Lipinski definition) is 2. The van der Waals surface area contributed by atoms with E-state index < -0.39 is 23.5 Å². The van der Waals surface area contributed by atoms with Crippen molar-refractivity contribution in [2.75, 3.05) is 17.7 Å². The summed E-state index contributed by atoms with van der Waals surface area (Å²) in [5, 5.41) is 5.62. The molecule has 3 aromatic rings. The van der Waals surface area contributed by atoms with Crippen molar-refractivity contribution in [3.8, 4) is 5.88 Å². The van der Waals surface area contributed by atoms with Crippen LogP contribution < -0.4 is 15.4 Å². The SMILES string of the molecule is COc1ccc(NC(=O)c2ccc(C(F)(F)F)cc2Nc2ccc(F)cc2C2CC2)c(C)n1. The average Bonchev–Trinajstić information content (AvgIpc) is 3.61. The van der Waals surface area contributed by atoms with Crippen LogP contribution in [0.4, 0.5) is 34.6 Å². The molecule has 0 unspecified atom stereocenters. The molecule has 1 amide bonds. The Morgan fingerprint density at radius 2 is 1.76 bits per heavy atom. The zero-order chi connectivity index (χ0) is 23.8. The van der Waals surface area contributed by atoms with Crippen molar-refractivity contribution in [3.05, 3.63) is 76.7 Å². The number of benzene rings is 2. The minimum Gasteiger partial charge on any atom is -0.481 e. The fraction of sp³-hybridized carbons (Fsp3) is 0.250. The fourth-order valence-corrected chi connectivity index (χ4v) is 3.52. The molecule has 0 bridgehead atoms. The number of rotatable bonds is 6. The molecule has 1 heterocycles. The lowest BCUT2D eigenvalue weighted by Gasteiger charge is -2.18. The van der Waals surface area contributed by atoms with Gasteiger partial charge in [0.15, 0.2) is 0 Å². The topological polar surface area (TPSA) is 63.2 Å². The Morgan fingerprint density at radius 1 is 1.03 bits per heavy atom. The van der Waals surface area contributed by atoms with Gasteiger partial charge in [-0.15, -0.1) is 0 Å². The van der Waals surface area contributed by atoms with E-state index in [-0.39, 0.29) is 17.2 Å². The highest BCUT2D eigenvalue weighted by Gasteiger charge is 2.32. The van der Waals surface area contributed by atoms with Crippen LogP contribution in [0.1, 0.15) is 45.9 Å². The van der Waals surface area contributed by atoms with Crippen LogP contribution in [-0.2, 0) is 6.18 Å². The third-order valence-electron chi connectivity index (χ3n) is 5.41. The van der Waals surface area contributed by atoms with Crippen molar-refractivity contribution < 1.29 is 27.1 Å². The number of nitrogens with one attached hydrogen (secondary N) is 2. The van der Waals surface area contributed by atoms with E-state index in [1.807, 2.05) is 0 Å². The van der Waals surface area contributed by atoms with Gasteiger partial charge in [0, 0.05) is 11.8 Å². The number of ether oxygens (including phenoxy) is 1. The predicted octanol–water partition coefficient (Wildman–Crippen LogP) is 6.43. The van der Waals surface area contributed by atoms with E-state index in [1.54, 1.807) is 19.1 Å².